The van der Waals surface area contributed by atoms with Crippen LogP contribution in [0.3, 0.4) is 0 Å². The summed E-state index contributed by atoms with van der Waals surface area (Å²) in [5.74, 6) is -0.585. The molecule has 10 nitrogen and oxygen atoms in total. The molecule has 0 saturated carbocycles. The van der Waals surface area contributed by atoms with Gasteiger partial charge in [0.15, 0.2) is 5.78 Å². The fourth-order valence-corrected chi connectivity index (χ4v) is 5.00. The first kappa shape index (κ1) is 26.0. The van der Waals surface area contributed by atoms with Gasteiger partial charge in [-0.05, 0) is 31.5 Å². The van der Waals surface area contributed by atoms with E-state index in [-0.39, 0.29) is 30.7 Å². The van der Waals surface area contributed by atoms with Crippen LogP contribution in [0.1, 0.15) is 25.3 Å². The summed E-state index contributed by atoms with van der Waals surface area (Å²) in [5, 5.41) is 2.87. The highest BCUT2D eigenvalue weighted by atomic mass is 16.2. The zero-order valence-corrected chi connectivity index (χ0v) is 21.2. The van der Waals surface area contributed by atoms with E-state index < -0.39 is 24.3 Å². The number of carbonyl (C=O) groups excluding carboxylic acids is 4. The van der Waals surface area contributed by atoms with Crippen LogP contribution in [0.5, 0.6) is 0 Å². The van der Waals surface area contributed by atoms with E-state index in [0.717, 1.165) is 11.3 Å². The lowest BCUT2D eigenvalue weighted by atomic mass is 9.99. The van der Waals surface area contributed by atoms with Crippen LogP contribution in [0.2, 0.25) is 0 Å². The second-order valence-corrected chi connectivity index (χ2v) is 9.51. The van der Waals surface area contributed by atoms with Crippen molar-refractivity contribution in [3.63, 3.8) is 0 Å². The molecule has 2 saturated heterocycles. The molecular formula is C27H34N6O4. The Bertz CT molecular complexity index is 1130. The summed E-state index contributed by atoms with van der Waals surface area (Å²) in [4.78, 5) is 57.9. The Labute approximate surface area is 217 Å². The highest BCUT2D eigenvalue weighted by molar-refractivity contribution is 5.88. The number of primary amides is 1. The number of nitrogens with one attached hydrogen (secondary N) is 1. The predicted octanol–water partition coefficient (Wildman–Crippen LogP) is 1.83. The van der Waals surface area contributed by atoms with E-state index in [1.165, 1.54) is 16.7 Å². The van der Waals surface area contributed by atoms with Crippen molar-refractivity contribution in [2.24, 2.45) is 5.73 Å². The number of hydrogen-bond acceptors (Lipinski definition) is 5. The fourth-order valence-electron chi connectivity index (χ4n) is 5.00. The zero-order valence-electron chi connectivity index (χ0n) is 21.2. The molecule has 37 heavy (non-hydrogen) atoms. The summed E-state index contributed by atoms with van der Waals surface area (Å²) in [6.45, 7) is 5.21. The van der Waals surface area contributed by atoms with E-state index >= 15 is 0 Å². The van der Waals surface area contributed by atoms with Crippen LogP contribution in [0.25, 0.3) is 0 Å². The van der Waals surface area contributed by atoms with Crippen molar-refractivity contribution in [3.05, 3.63) is 66.2 Å². The minimum absolute atomic E-state index is 0.0901. The first-order chi connectivity index (χ1) is 17.8. The minimum atomic E-state index is -0.801. The molecule has 0 aromatic heterocycles. The lowest BCUT2D eigenvalue weighted by molar-refractivity contribution is -0.135. The number of nitrogens with two attached hydrogens (primary N) is 1. The summed E-state index contributed by atoms with van der Waals surface area (Å²) >= 11 is 0. The summed E-state index contributed by atoms with van der Waals surface area (Å²) in [7, 11) is 0. The molecule has 0 aliphatic carbocycles. The molecule has 196 valence electrons. The molecule has 0 radical (unpaired) electrons. The van der Waals surface area contributed by atoms with Gasteiger partial charge in [-0.1, -0.05) is 48.5 Å². The van der Waals surface area contributed by atoms with Crippen LogP contribution >= 0.6 is 0 Å². The quantitative estimate of drug-likeness (QED) is 0.641. The molecule has 2 aromatic rings. The van der Waals surface area contributed by atoms with Crippen LogP contribution in [0.15, 0.2) is 60.7 Å². The molecule has 3 N–H and O–H groups in total. The number of urea groups is 2. The van der Waals surface area contributed by atoms with Crippen molar-refractivity contribution < 1.29 is 19.2 Å². The van der Waals surface area contributed by atoms with Gasteiger partial charge in [0.25, 0.3) is 0 Å². The molecule has 2 aliphatic heterocycles. The summed E-state index contributed by atoms with van der Waals surface area (Å²) in [6.07, 6.45) is -0.801. The topological polar surface area (TPSA) is 119 Å². The highest BCUT2D eigenvalue weighted by Gasteiger charge is 2.38. The van der Waals surface area contributed by atoms with Crippen molar-refractivity contribution in [3.8, 4) is 0 Å². The average Bonchev–Trinajstić information content (AvgIpc) is 2.92. The van der Waals surface area contributed by atoms with Crippen LogP contribution in [0, 0.1) is 0 Å². The normalized spacial score (nSPS) is 20.8. The van der Waals surface area contributed by atoms with Crippen molar-refractivity contribution in [1.29, 1.82) is 0 Å². The van der Waals surface area contributed by atoms with Crippen molar-refractivity contribution in [2.45, 2.75) is 32.0 Å². The molecule has 2 aromatic carbocycles. The van der Waals surface area contributed by atoms with Crippen LogP contribution in [-0.4, -0.2) is 89.9 Å². The van der Waals surface area contributed by atoms with Gasteiger partial charge in [0.2, 0.25) is 5.91 Å². The van der Waals surface area contributed by atoms with Crippen LogP contribution in [0.4, 0.5) is 15.3 Å². The second-order valence-electron chi connectivity index (χ2n) is 9.51. The third-order valence-corrected chi connectivity index (χ3v) is 7.17. The third-order valence-electron chi connectivity index (χ3n) is 7.17. The van der Waals surface area contributed by atoms with E-state index in [1.54, 1.807) is 4.90 Å². The van der Waals surface area contributed by atoms with Gasteiger partial charge in [-0.15, -0.1) is 0 Å². The summed E-state index contributed by atoms with van der Waals surface area (Å²) in [5.41, 5.74) is 7.48. The number of piperazine rings is 2. The number of carbonyl (C=O) groups is 4. The average molecular weight is 507 g/mol. The maximum atomic E-state index is 13.4. The molecule has 0 spiro atoms. The SMILES string of the molecule is CC(=O)C1CN(c2ccccc2)CCN1C(=O)NC1CN(C(=O)C(C)c2ccccc2)CCN1C(N)=O. The monoisotopic (exact) mass is 506 g/mol. The minimum Gasteiger partial charge on any atom is -0.367 e. The predicted molar refractivity (Wildman–Crippen MR) is 140 cm³/mol. The number of anilines is 1. The van der Waals surface area contributed by atoms with Crippen LogP contribution < -0.4 is 16.0 Å². The summed E-state index contributed by atoms with van der Waals surface area (Å²) in [6, 6.07) is 17.4. The van der Waals surface area contributed by atoms with E-state index in [9.17, 15) is 19.2 Å². The third kappa shape index (κ3) is 5.84. The van der Waals surface area contributed by atoms with Gasteiger partial charge < -0.3 is 30.7 Å². The molecule has 10 heteroatoms. The van der Waals surface area contributed by atoms with Crippen molar-refractivity contribution in [1.82, 2.24) is 20.0 Å². The Hall–Kier alpha value is -4.08. The first-order valence-corrected chi connectivity index (χ1v) is 12.5. The van der Waals surface area contributed by atoms with Crippen molar-refractivity contribution >= 4 is 29.4 Å². The molecule has 5 amide bonds. The molecule has 0 bridgehead atoms. The molecule has 3 unspecified atom stereocenters. The molecular weight excluding hydrogens is 472 g/mol. The highest BCUT2D eigenvalue weighted by Crippen LogP contribution is 2.22. The molecule has 2 fully saturated rings. The Balaban J connectivity index is 1.46. The molecule has 4 rings (SSSR count). The molecule has 2 aliphatic rings. The van der Waals surface area contributed by atoms with Crippen LogP contribution in [-0.2, 0) is 9.59 Å². The van der Waals surface area contributed by atoms with E-state index in [0.29, 0.717) is 26.2 Å². The van der Waals surface area contributed by atoms with Gasteiger partial charge in [0, 0.05) is 38.4 Å². The zero-order chi connectivity index (χ0) is 26.5. The summed E-state index contributed by atoms with van der Waals surface area (Å²) < 4.78 is 0. The Morgan fingerprint density at radius 2 is 1.49 bits per heavy atom. The smallest absolute Gasteiger partial charge is 0.319 e. The molecule has 3 atom stereocenters. The number of ketones is 1. The fraction of sp³-hybridized carbons (Fsp3) is 0.407. The standard InChI is InChI=1S/C27H34N6O4/c1-19(21-9-5-3-6-10-21)25(35)31-14-16-33(26(28)36)24(18-31)29-27(37)32-15-13-30(17-23(32)20(2)34)22-11-7-4-8-12-22/h3-12,19,23-24H,13-18H2,1-2H3,(H2,28,36)(H,29,37). The van der Waals surface area contributed by atoms with Gasteiger partial charge in [0.05, 0.1) is 12.5 Å². The largest absolute Gasteiger partial charge is 0.367 e. The maximum Gasteiger partial charge on any atom is 0.319 e. The number of nitrogens with zero attached hydrogens (tertiary/aromatic N) is 4. The molecule has 2 heterocycles. The van der Waals surface area contributed by atoms with Gasteiger partial charge in [-0.25, -0.2) is 9.59 Å². The maximum absolute atomic E-state index is 13.4. The van der Waals surface area contributed by atoms with Gasteiger partial charge >= 0.3 is 12.1 Å². The van der Waals surface area contributed by atoms with E-state index in [4.69, 9.17) is 5.73 Å². The second kappa shape index (κ2) is 11.3. The number of benzene rings is 2. The number of amides is 5. The number of rotatable bonds is 5. The van der Waals surface area contributed by atoms with E-state index in [2.05, 4.69) is 10.2 Å². The van der Waals surface area contributed by atoms with Crippen molar-refractivity contribution in [2.75, 3.05) is 44.2 Å². The van der Waals surface area contributed by atoms with Gasteiger partial charge in [-0.3, -0.25) is 9.59 Å². The number of para-hydroxylation sites is 1. The lowest BCUT2D eigenvalue weighted by Gasteiger charge is -2.44. The Morgan fingerprint density at radius 3 is 2.11 bits per heavy atom. The Kier molecular flexibility index (Phi) is 7.95. The first-order valence-electron chi connectivity index (χ1n) is 12.5. The number of hydrogen-bond donors (Lipinski definition) is 2. The Morgan fingerprint density at radius 1 is 0.865 bits per heavy atom. The van der Waals surface area contributed by atoms with Gasteiger partial charge in [-0.2, -0.15) is 0 Å². The lowest BCUT2D eigenvalue weighted by Crippen LogP contribution is -2.67. The van der Waals surface area contributed by atoms with E-state index in [1.807, 2.05) is 67.6 Å². The number of Topliss-reactive ketones (excluding diaryl/α,β-unsaturated/α-hetero) is 1. The van der Waals surface area contributed by atoms with Gasteiger partial charge in [0.1, 0.15) is 12.2 Å².